The molecule has 0 amide bonds. The van der Waals surface area contributed by atoms with Gasteiger partial charge in [0.25, 0.3) is 0 Å². The van der Waals surface area contributed by atoms with E-state index in [9.17, 15) is 0 Å². The van der Waals surface area contributed by atoms with E-state index in [2.05, 4.69) is 20.6 Å². The summed E-state index contributed by atoms with van der Waals surface area (Å²) in [6, 6.07) is 11.9. The van der Waals surface area contributed by atoms with Gasteiger partial charge < -0.3 is 16.4 Å². The average Bonchev–Trinajstić information content (AvgIpc) is 2.37. The molecule has 100 valence electrons. The van der Waals surface area contributed by atoms with Crippen LogP contribution in [-0.4, -0.2) is 22.6 Å². The molecule has 4 N–H and O–H groups in total. The molecule has 1 aromatic heterocycles. The molecule has 1 heterocycles. The van der Waals surface area contributed by atoms with Crippen molar-refractivity contribution in [1.29, 1.82) is 0 Å². The van der Waals surface area contributed by atoms with E-state index < -0.39 is 0 Å². The number of nitrogens with one attached hydrogen (secondary N) is 2. The Morgan fingerprint density at radius 3 is 2.53 bits per heavy atom. The first-order chi connectivity index (χ1) is 9.13. The summed E-state index contributed by atoms with van der Waals surface area (Å²) in [5.41, 5.74) is 6.72. The van der Waals surface area contributed by atoms with Crippen molar-refractivity contribution in [3.8, 4) is 0 Å². The van der Waals surface area contributed by atoms with Crippen molar-refractivity contribution in [3.05, 3.63) is 42.2 Å². The molecule has 0 saturated heterocycles. The zero-order valence-electron chi connectivity index (χ0n) is 11.2. The van der Waals surface area contributed by atoms with Gasteiger partial charge >= 0.3 is 0 Å². The van der Waals surface area contributed by atoms with E-state index in [0.29, 0.717) is 12.4 Å². The first-order valence-electron chi connectivity index (χ1n) is 6.30. The SMILES string of the molecule is Cc1nc(NCC(C)N)cc(Nc2ccccc2)n1. The number of para-hydroxylation sites is 1. The second-order valence-electron chi connectivity index (χ2n) is 4.53. The van der Waals surface area contributed by atoms with Crippen molar-refractivity contribution < 1.29 is 0 Å². The lowest BCUT2D eigenvalue weighted by molar-refractivity contribution is 0.776. The van der Waals surface area contributed by atoms with Crippen LogP contribution < -0.4 is 16.4 Å². The lowest BCUT2D eigenvalue weighted by Gasteiger charge is -2.11. The summed E-state index contributed by atoms with van der Waals surface area (Å²) in [4.78, 5) is 8.69. The zero-order chi connectivity index (χ0) is 13.7. The van der Waals surface area contributed by atoms with Crippen molar-refractivity contribution in [2.24, 2.45) is 5.73 Å². The monoisotopic (exact) mass is 257 g/mol. The van der Waals surface area contributed by atoms with Crippen LogP contribution >= 0.6 is 0 Å². The van der Waals surface area contributed by atoms with Gasteiger partial charge in [0.15, 0.2) is 0 Å². The van der Waals surface area contributed by atoms with Gasteiger partial charge in [0, 0.05) is 24.3 Å². The molecule has 0 aliphatic heterocycles. The molecule has 0 fully saturated rings. The Kier molecular flexibility index (Phi) is 4.30. The third kappa shape index (κ3) is 4.22. The quantitative estimate of drug-likeness (QED) is 0.766. The highest BCUT2D eigenvalue weighted by Crippen LogP contribution is 2.16. The Morgan fingerprint density at radius 1 is 1.16 bits per heavy atom. The Labute approximate surface area is 113 Å². The minimum absolute atomic E-state index is 0.0841. The largest absolute Gasteiger partial charge is 0.368 e. The number of aryl methyl sites for hydroxylation is 1. The number of benzene rings is 1. The number of anilines is 3. The first-order valence-corrected chi connectivity index (χ1v) is 6.30. The Hall–Kier alpha value is -2.14. The van der Waals surface area contributed by atoms with Gasteiger partial charge in [-0.3, -0.25) is 0 Å². The summed E-state index contributed by atoms with van der Waals surface area (Å²) in [6.45, 7) is 4.50. The van der Waals surface area contributed by atoms with E-state index in [1.54, 1.807) is 0 Å². The predicted octanol–water partition coefficient (Wildman–Crippen LogP) is 2.29. The zero-order valence-corrected chi connectivity index (χ0v) is 11.2. The lowest BCUT2D eigenvalue weighted by atomic mass is 10.3. The number of hydrogen-bond donors (Lipinski definition) is 3. The van der Waals surface area contributed by atoms with E-state index in [-0.39, 0.29) is 6.04 Å². The van der Waals surface area contributed by atoms with Crippen LogP contribution in [0, 0.1) is 6.92 Å². The second kappa shape index (κ2) is 6.15. The van der Waals surface area contributed by atoms with Gasteiger partial charge in [0.05, 0.1) is 0 Å². The van der Waals surface area contributed by atoms with Gasteiger partial charge in [-0.05, 0) is 26.0 Å². The summed E-state index contributed by atoms with van der Waals surface area (Å²) < 4.78 is 0. The highest BCUT2D eigenvalue weighted by Gasteiger charge is 2.03. The summed E-state index contributed by atoms with van der Waals surface area (Å²) in [5, 5.41) is 6.45. The number of nitrogens with two attached hydrogens (primary N) is 1. The Balaban J connectivity index is 2.12. The highest BCUT2D eigenvalue weighted by molar-refractivity contribution is 5.58. The van der Waals surface area contributed by atoms with Crippen LogP contribution in [0.5, 0.6) is 0 Å². The predicted molar refractivity (Wildman–Crippen MR) is 78.6 cm³/mol. The fraction of sp³-hybridized carbons (Fsp3) is 0.286. The minimum atomic E-state index is 0.0841. The van der Waals surface area contributed by atoms with Gasteiger partial charge in [0.2, 0.25) is 0 Å². The summed E-state index contributed by atoms with van der Waals surface area (Å²) in [6.07, 6.45) is 0. The van der Waals surface area contributed by atoms with Crippen LogP contribution in [0.4, 0.5) is 17.3 Å². The van der Waals surface area contributed by atoms with E-state index in [4.69, 9.17) is 5.73 Å². The molecule has 0 spiro atoms. The molecule has 1 aromatic carbocycles. The van der Waals surface area contributed by atoms with Gasteiger partial charge in [-0.15, -0.1) is 0 Å². The molecule has 1 unspecified atom stereocenters. The first kappa shape index (κ1) is 13.3. The third-order valence-electron chi connectivity index (χ3n) is 2.49. The molecule has 19 heavy (non-hydrogen) atoms. The molecule has 5 heteroatoms. The van der Waals surface area contributed by atoms with Gasteiger partial charge in [-0.25, -0.2) is 9.97 Å². The summed E-state index contributed by atoms with van der Waals surface area (Å²) in [5.74, 6) is 2.27. The maximum absolute atomic E-state index is 5.72. The molecule has 0 saturated carbocycles. The number of hydrogen-bond acceptors (Lipinski definition) is 5. The summed E-state index contributed by atoms with van der Waals surface area (Å²) in [7, 11) is 0. The van der Waals surface area contributed by atoms with Crippen molar-refractivity contribution in [2.45, 2.75) is 19.9 Å². The Morgan fingerprint density at radius 2 is 1.84 bits per heavy atom. The van der Waals surface area contributed by atoms with E-state index in [1.807, 2.05) is 50.2 Å². The van der Waals surface area contributed by atoms with Gasteiger partial charge in [0.1, 0.15) is 17.5 Å². The molecule has 2 aromatic rings. The molecular weight excluding hydrogens is 238 g/mol. The molecule has 0 bridgehead atoms. The second-order valence-corrected chi connectivity index (χ2v) is 4.53. The van der Waals surface area contributed by atoms with Crippen molar-refractivity contribution in [2.75, 3.05) is 17.2 Å². The topological polar surface area (TPSA) is 75.9 Å². The van der Waals surface area contributed by atoms with Crippen molar-refractivity contribution in [3.63, 3.8) is 0 Å². The normalized spacial score (nSPS) is 11.9. The molecule has 5 nitrogen and oxygen atoms in total. The molecule has 0 aliphatic carbocycles. The van der Waals surface area contributed by atoms with Gasteiger partial charge in [-0.2, -0.15) is 0 Å². The van der Waals surface area contributed by atoms with Crippen LogP contribution in [0.1, 0.15) is 12.7 Å². The van der Waals surface area contributed by atoms with Crippen LogP contribution in [-0.2, 0) is 0 Å². The van der Waals surface area contributed by atoms with E-state index in [0.717, 1.165) is 17.3 Å². The molecule has 1 atom stereocenters. The summed E-state index contributed by atoms with van der Waals surface area (Å²) >= 11 is 0. The van der Waals surface area contributed by atoms with Crippen LogP contribution in [0.3, 0.4) is 0 Å². The van der Waals surface area contributed by atoms with E-state index >= 15 is 0 Å². The Bertz CT molecular complexity index is 525. The molecule has 2 rings (SSSR count). The van der Waals surface area contributed by atoms with Crippen LogP contribution in [0.25, 0.3) is 0 Å². The minimum Gasteiger partial charge on any atom is -0.368 e. The van der Waals surface area contributed by atoms with Crippen LogP contribution in [0.2, 0.25) is 0 Å². The maximum atomic E-state index is 5.72. The van der Waals surface area contributed by atoms with E-state index in [1.165, 1.54) is 0 Å². The molecule has 0 radical (unpaired) electrons. The van der Waals surface area contributed by atoms with Crippen LogP contribution in [0.15, 0.2) is 36.4 Å². The van der Waals surface area contributed by atoms with Gasteiger partial charge in [-0.1, -0.05) is 18.2 Å². The smallest absolute Gasteiger partial charge is 0.136 e. The molecular formula is C14H19N5. The lowest BCUT2D eigenvalue weighted by Crippen LogP contribution is -2.25. The number of aromatic nitrogens is 2. The standard InChI is InChI=1S/C14H19N5/c1-10(15)9-16-13-8-14(18-11(2)17-13)19-12-6-4-3-5-7-12/h3-8,10H,9,15H2,1-2H3,(H2,16,17,18,19). The number of nitrogens with zero attached hydrogens (tertiary/aromatic N) is 2. The van der Waals surface area contributed by atoms with Crippen molar-refractivity contribution >= 4 is 17.3 Å². The fourth-order valence-corrected chi connectivity index (χ4v) is 1.66. The molecule has 0 aliphatic rings. The average molecular weight is 257 g/mol. The number of rotatable bonds is 5. The fourth-order valence-electron chi connectivity index (χ4n) is 1.66. The highest BCUT2D eigenvalue weighted by atomic mass is 15.1. The van der Waals surface area contributed by atoms with Crippen molar-refractivity contribution in [1.82, 2.24) is 9.97 Å². The third-order valence-corrected chi connectivity index (χ3v) is 2.49. The maximum Gasteiger partial charge on any atom is 0.136 e.